The van der Waals surface area contributed by atoms with Crippen LogP contribution in [0, 0.1) is 17.8 Å². The fourth-order valence-corrected chi connectivity index (χ4v) is 6.57. The number of benzene rings is 1. The van der Waals surface area contributed by atoms with Crippen LogP contribution in [0.5, 0.6) is 0 Å². The SMILES string of the molecule is COP(=O)(OCC(C)C)C(O)[C@H](CC1CCCCC1)NC(CC(C)C)C(=O)NC(=O)CCc1ccccc1. The van der Waals surface area contributed by atoms with Crippen LogP contribution in [0.4, 0.5) is 0 Å². The zero-order valence-corrected chi connectivity index (χ0v) is 24.8. The highest BCUT2D eigenvalue weighted by atomic mass is 31.2. The van der Waals surface area contributed by atoms with Crippen LogP contribution < -0.4 is 10.6 Å². The standard InChI is InChI=1S/C29H49N2O6P/c1-21(2)18-25(28(33)31-27(32)17-16-23-12-8-6-9-13-23)30-26(19-24-14-10-7-11-15-24)29(34)38(35,36-5)37-20-22(3)4/h6,8-9,12-13,21-22,24-26,29-30,34H,7,10-11,14-20H2,1-5H3,(H,31,32,33)/t25?,26-,29?,38?/m0/s1. The van der Waals surface area contributed by atoms with Gasteiger partial charge in [0.05, 0.1) is 12.6 Å². The van der Waals surface area contributed by atoms with E-state index in [-0.39, 0.29) is 30.8 Å². The number of carbonyl (C=O) groups is 2. The maximum absolute atomic E-state index is 13.6. The lowest BCUT2D eigenvalue weighted by atomic mass is 9.84. The molecule has 0 heterocycles. The average Bonchev–Trinajstić information content (AvgIpc) is 2.90. The van der Waals surface area contributed by atoms with Gasteiger partial charge in [-0.25, -0.2) is 0 Å². The fraction of sp³-hybridized carbons (Fsp3) is 0.724. The summed E-state index contributed by atoms with van der Waals surface area (Å²) in [6.45, 7) is 8.04. The van der Waals surface area contributed by atoms with Gasteiger partial charge in [0.25, 0.3) is 0 Å². The predicted octanol–water partition coefficient (Wildman–Crippen LogP) is 5.44. The summed E-state index contributed by atoms with van der Waals surface area (Å²) in [6, 6.07) is 8.23. The zero-order chi connectivity index (χ0) is 28.1. The Morgan fingerprint density at radius 3 is 2.29 bits per heavy atom. The molecule has 0 aliphatic heterocycles. The van der Waals surface area contributed by atoms with Gasteiger partial charge in [0.15, 0.2) is 5.85 Å². The molecular formula is C29H49N2O6P. The van der Waals surface area contributed by atoms with E-state index in [0.717, 1.165) is 31.2 Å². The minimum Gasteiger partial charge on any atom is -0.379 e. The van der Waals surface area contributed by atoms with Gasteiger partial charge >= 0.3 is 7.60 Å². The lowest BCUT2D eigenvalue weighted by molar-refractivity contribution is -0.132. The Morgan fingerprint density at radius 1 is 1.05 bits per heavy atom. The van der Waals surface area contributed by atoms with Crippen LogP contribution in [-0.2, 0) is 29.6 Å². The van der Waals surface area contributed by atoms with E-state index < -0.39 is 31.4 Å². The zero-order valence-electron chi connectivity index (χ0n) is 23.9. The molecule has 38 heavy (non-hydrogen) atoms. The van der Waals surface area contributed by atoms with Gasteiger partial charge in [-0.05, 0) is 42.6 Å². The molecule has 1 aromatic rings. The van der Waals surface area contributed by atoms with Crippen molar-refractivity contribution in [3.05, 3.63) is 35.9 Å². The van der Waals surface area contributed by atoms with E-state index in [0.29, 0.717) is 25.2 Å². The van der Waals surface area contributed by atoms with E-state index in [1.807, 2.05) is 58.0 Å². The molecule has 1 aliphatic rings. The quantitative estimate of drug-likeness (QED) is 0.234. The van der Waals surface area contributed by atoms with Gasteiger partial charge in [-0.2, -0.15) is 0 Å². The number of amides is 2. The van der Waals surface area contributed by atoms with E-state index in [9.17, 15) is 19.3 Å². The van der Waals surface area contributed by atoms with Gasteiger partial charge in [-0.15, -0.1) is 0 Å². The van der Waals surface area contributed by atoms with Crippen LogP contribution in [0.15, 0.2) is 30.3 Å². The normalized spacial score (nSPS) is 18.6. The molecule has 0 radical (unpaired) electrons. The van der Waals surface area contributed by atoms with Crippen LogP contribution in [0.25, 0.3) is 0 Å². The van der Waals surface area contributed by atoms with Crippen molar-refractivity contribution in [3.63, 3.8) is 0 Å². The molecule has 0 aromatic heterocycles. The van der Waals surface area contributed by atoms with E-state index >= 15 is 0 Å². The lowest BCUT2D eigenvalue weighted by Gasteiger charge is -2.35. The van der Waals surface area contributed by atoms with Gasteiger partial charge < -0.3 is 14.2 Å². The molecule has 1 fully saturated rings. The molecule has 3 unspecified atom stereocenters. The number of rotatable bonds is 16. The summed E-state index contributed by atoms with van der Waals surface area (Å²) in [6.07, 6.45) is 7.20. The van der Waals surface area contributed by atoms with Crippen LogP contribution in [-0.4, -0.2) is 48.6 Å². The molecule has 1 aromatic carbocycles. The highest BCUT2D eigenvalue weighted by molar-refractivity contribution is 7.54. The van der Waals surface area contributed by atoms with Crippen molar-refractivity contribution in [2.24, 2.45) is 17.8 Å². The highest BCUT2D eigenvalue weighted by Gasteiger charge is 2.42. The molecule has 1 aliphatic carbocycles. The molecule has 2 amide bonds. The van der Waals surface area contributed by atoms with Crippen LogP contribution in [0.2, 0.25) is 0 Å². The van der Waals surface area contributed by atoms with E-state index in [4.69, 9.17) is 9.05 Å². The van der Waals surface area contributed by atoms with E-state index in [1.165, 1.54) is 13.5 Å². The summed E-state index contributed by atoms with van der Waals surface area (Å²) in [5.41, 5.74) is 1.03. The second kappa shape index (κ2) is 16.5. The Kier molecular flexibility index (Phi) is 14.2. The molecule has 3 N–H and O–H groups in total. The number of aliphatic hydroxyl groups is 1. The molecule has 0 saturated heterocycles. The van der Waals surface area contributed by atoms with Crippen molar-refractivity contribution in [2.75, 3.05) is 13.7 Å². The average molecular weight is 553 g/mol. The maximum atomic E-state index is 13.6. The van der Waals surface area contributed by atoms with Crippen molar-refractivity contribution in [2.45, 2.75) is 103 Å². The Labute approximate surface area is 229 Å². The summed E-state index contributed by atoms with van der Waals surface area (Å²) in [5, 5.41) is 17.2. The smallest absolute Gasteiger partial charge is 0.360 e. The van der Waals surface area contributed by atoms with Crippen molar-refractivity contribution < 1.29 is 28.3 Å². The first-order valence-corrected chi connectivity index (χ1v) is 15.8. The number of aryl methyl sites for hydroxylation is 1. The van der Waals surface area contributed by atoms with E-state index in [1.54, 1.807) is 0 Å². The third kappa shape index (κ3) is 11.3. The molecule has 0 bridgehead atoms. The second-order valence-corrected chi connectivity index (χ2v) is 13.7. The van der Waals surface area contributed by atoms with Gasteiger partial charge in [0.1, 0.15) is 0 Å². The summed E-state index contributed by atoms with van der Waals surface area (Å²) in [4.78, 5) is 25.9. The number of hydrogen-bond donors (Lipinski definition) is 3. The van der Waals surface area contributed by atoms with Crippen LogP contribution >= 0.6 is 7.60 Å². The van der Waals surface area contributed by atoms with Crippen LogP contribution in [0.1, 0.15) is 84.6 Å². The number of aliphatic hydroxyl groups excluding tert-OH is 1. The highest BCUT2D eigenvalue weighted by Crippen LogP contribution is 2.53. The minimum absolute atomic E-state index is 0.108. The molecular weight excluding hydrogens is 503 g/mol. The third-order valence-electron chi connectivity index (χ3n) is 7.02. The topological polar surface area (TPSA) is 114 Å². The molecule has 1 saturated carbocycles. The van der Waals surface area contributed by atoms with Crippen molar-refractivity contribution in [1.82, 2.24) is 10.6 Å². The number of carbonyl (C=O) groups excluding carboxylic acids is 2. The Hall–Kier alpha value is -1.57. The number of imide groups is 1. The first-order chi connectivity index (χ1) is 18.0. The Bertz CT molecular complexity index is 888. The largest absolute Gasteiger partial charge is 0.379 e. The maximum Gasteiger partial charge on any atom is 0.360 e. The fourth-order valence-electron chi connectivity index (χ4n) is 4.94. The number of hydrogen-bond acceptors (Lipinski definition) is 7. The molecule has 4 atom stereocenters. The summed E-state index contributed by atoms with van der Waals surface area (Å²) >= 11 is 0. The summed E-state index contributed by atoms with van der Waals surface area (Å²) in [5.74, 6) is -1.63. The Balaban J connectivity index is 2.17. The molecule has 216 valence electrons. The molecule has 9 heteroatoms. The number of nitrogens with one attached hydrogen (secondary N) is 2. The van der Waals surface area contributed by atoms with Crippen molar-refractivity contribution >= 4 is 19.4 Å². The van der Waals surface area contributed by atoms with Crippen LogP contribution in [0.3, 0.4) is 0 Å². The second-order valence-electron chi connectivity index (χ2n) is 11.4. The molecule has 8 nitrogen and oxygen atoms in total. The molecule has 0 spiro atoms. The lowest BCUT2D eigenvalue weighted by Crippen LogP contribution is -2.54. The van der Waals surface area contributed by atoms with Gasteiger partial charge in [-0.1, -0.05) is 90.1 Å². The van der Waals surface area contributed by atoms with Crippen molar-refractivity contribution in [1.29, 1.82) is 0 Å². The summed E-state index contributed by atoms with van der Waals surface area (Å²) < 4.78 is 24.4. The Morgan fingerprint density at radius 2 is 1.71 bits per heavy atom. The first kappa shape index (κ1) is 32.6. The van der Waals surface area contributed by atoms with Crippen molar-refractivity contribution in [3.8, 4) is 0 Å². The summed E-state index contributed by atoms with van der Waals surface area (Å²) in [7, 11) is -2.58. The molecule has 2 rings (SSSR count). The van der Waals surface area contributed by atoms with Gasteiger partial charge in [-0.3, -0.25) is 24.8 Å². The van der Waals surface area contributed by atoms with Gasteiger partial charge in [0.2, 0.25) is 11.8 Å². The minimum atomic E-state index is -3.87. The predicted molar refractivity (Wildman–Crippen MR) is 151 cm³/mol. The van der Waals surface area contributed by atoms with E-state index in [2.05, 4.69) is 10.6 Å². The monoisotopic (exact) mass is 552 g/mol. The first-order valence-electron chi connectivity index (χ1n) is 14.2. The third-order valence-corrected chi connectivity index (χ3v) is 9.05. The van der Waals surface area contributed by atoms with Gasteiger partial charge in [0, 0.05) is 19.6 Å².